The lowest BCUT2D eigenvalue weighted by atomic mass is 9.96. The summed E-state index contributed by atoms with van der Waals surface area (Å²) in [7, 11) is 0. The number of aromatic nitrogens is 2. The van der Waals surface area contributed by atoms with Gasteiger partial charge in [0.05, 0.1) is 17.2 Å². The van der Waals surface area contributed by atoms with E-state index >= 15 is 0 Å². The molecule has 7 heteroatoms. The Labute approximate surface area is 178 Å². The second-order valence-electron chi connectivity index (χ2n) is 9.40. The summed E-state index contributed by atoms with van der Waals surface area (Å²) in [4.78, 5) is 20.0. The molecule has 2 saturated heterocycles. The average Bonchev–Trinajstić information content (AvgIpc) is 3.41. The van der Waals surface area contributed by atoms with Crippen LogP contribution in [0.4, 0.5) is 0 Å². The van der Waals surface area contributed by atoms with Crippen LogP contribution in [-0.4, -0.2) is 59.3 Å². The molecule has 4 rings (SSSR count). The van der Waals surface area contributed by atoms with E-state index in [0.717, 1.165) is 39.1 Å². The Kier molecular flexibility index (Phi) is 6.20. The second-order valence-corrected chi connectivity index (χ2v) is 9.40. The maximum atomic E-state index is 13.0. The maximum absolute atomic E-state index is 13.0. The Balaban J connectivity index is 1.38. The highest BCUT2D eigenvalue weighted by Crippen LogP contribution is 2.26. The minimum absolute atomic E-state index is 0.0846. The van der Waals surface area contributed by atoms with Crippen molar-refractivity contribution in [3.05, 3.63) is 35.7 Å². The number of amides is 1. The van der Waals surface area contributed by atoms with Crippen molar-refractivity contribution >= 4 is 5.91 Å². The quantitative estimate of drug-likeness (QED) is 0.811. The molecule has 2 aliphatic rings. The van der Waals surface area contributed by atoms with Crippen LogP contribution in [0.5, 0.6) is 0 Å². The van der Waals surface area contributed by atoms with Crippen molar-refractivity contribution in [1.82, 2.24) is 20.4 Å². The number of likely N-dealkylation sites (tertiary alicyclic amines) is 1. The number of rotatable bonds is 5. The molecule has 0 radical (unpaired) electrons. The van der Waals surface area contributed by atoms with Crippen molar-refractivity contribution in [2.45, 2.75) is 64.0 Å². The Morgan fingerprint density at radius 3 is 2.63 bits per heavy atom. The summed E-state index contributed by atoms with van der Waals surface area (Å²) >= 11 is 0. The fourth-order valence-electron chi connectivity index (χ4n) is 4.10. The van der Waals surface area contributed by atoms with Gasteiger partial charge in [-0.2, -0.15) is 4.98 Å². The zero-order valence-electron chi connectivity index (χ0n) is 18.2. The summed E-state index contributed by atoms with van der Waals surface area (Å²) < 4.78 is 11.2. The molecule has 0 saturated carbocycles. The lowest BCUT2D eigenvalue weighted by molar-refractivity contribution is 0.0613. The lowest BCUT2D eigenvalue weighted by Gasteiger charge is -2.33. The standard InChI is InChI=1S/C23H32N4O3/c1-23(2,3)22-25-21(30-26-22)19-9-5-4-8-18(19)20(28)24-16-10-12-27(13-11-16)15-17-7-6-14-29-17/h4-5,8-9,16-17H,6-7,10-15H2,1-3H3,(H,24,28). The van der Waals surface area contributed by atoms with Gasteiger partial charge in [0.25, 0.3) is 11.8 Å². The van der Waals surface area contributed by atoms with E-state index in [9.17, 15) is 4.79 Å². The number of carbonyl (C=O) groups is 1. The summed E-state index contributed by atoms with van der Waals surface area (Å²) in [6.45, 7) is 9.99. The van der Waals surface area contributed by atoms with Crippen LogP contribution < -0.4 is 5.32 Å². The topological polar surface area (TPSA) is 80.5 Å². The SMILES string of the molecule is CC(C)(C)c1noc(-c2ccccc2C(=O)NC2CCN(CC3CCCO3)CC2)n1. The first-order valence-electron chi connectivity index (χ1n) is 11.0. The normalized spacial score (nSPS) is 21.1. The molecule has 1 unspecified atom stereocenters. The molecule has 1 aromatic carbocycles. The molecule has 0 spiro atoms. The fraction of sp³-hybridized carbons (Fsp3) is 0.609. The summed E-state index contributed by atoms with van der Waals surface area (Å²) in [5.41, 5.74) is 1.04. The van der Waals surface area contributed by atoms with Crippen LogP contribution in [0.15, 0.2) is 28.8 Å². The van der Waals surface area contributed by atoms with Gasteiger partial charge in [0.1, 0.15) is 0 Å². The highest BCUT2D eigenvalue weighted by molar-refractivity contribution is 6.00. The zero-order valence-corrected chi connectivity index (χ0v) is 18.2. The van der Waals surface area contributed by atoms with Gasteiger partial charge in [-0.15, -0.1) is 0 Å². The largest absolute Gasteiger partial charge is 0.377 e. The molecule has 2 fully saturated rings. The van der Waals surface area contributed by atoms with Gasteiger partial charge in [-0.3, -0.25) is 4.79 Å². The highest BCUT2D eigenvalue weighted by atomic mass is 16.5. The lowest BCUT2D eigenvalue weighted by Crippen LogP contribution is -2.46. The number of nitrogens with one attached hydrogen (secondary N) is 1. The minimum atomic E-state index is -0.212. The predicted octanol–water partition coefficient (Wildman–Crippen LogP) is 3.41. The molecule has 7 nitrogen and oxygen atoms in total. The van der Waals surface area contributed by atoms with Crippen molar-refractivity contribution in [3.63, 3.8) is 0 Å². The monoisotopic (exact) mass is 412 g/mol. The third kappa shape index (κ3) is 4.90. The Bertz CT molecular complexity index is 859. The molecule has 0 bridgehead atoms. The van der Waals surface area contributed by atoms with E-state index in [0.29, 0.717) is 28.9 Å². The van der Waals surface area contributed by atoms with Gasteiger partial charge in [0.15, 0.2) is 5.82 Å². The van der Waals surface area contributed by atoms with Gasteiger partial charge >= 0.3 is 0 Å². The van der Waals surface area contributed by atoms with Gasteiger partial charge in [-0.1, -0.05) is 38.1 Å². The molecule has 2 aromatic rings. The van der Waals surface area contributed by atoms with Gasteiger partial charge in [-0.25, -0.2) is 0 Å². The van der Waals surface area contributed by atoms with Crippen molar-refractivity contribution in [2.24, 2.45) is 0 Å². The van der Waals surface area contributed by atoms with Crippen LogP contribution in [0.1, 0.15) is 62.6 Å². The average molecular weight is 413 g/mol. The van der Waals surface area contributed by atoms with E-state index in [-0.39, 0.29) is 17.4 Å². The molecule has 2 aliphatic heterocycles. The Morgan fingerprint density at radius 2 is 1.97 bits per heavy atom. The van der Waals surface area contributed by atoms with Crippen LogP contribution in [0.2, 0.25) is 0 Å². The third-order valence-electron chi connectivity index (χ3n) is 5.91. The predicted molar refractivity (Wildman–Crippen MR) is 114 cm³/mol. The first-order chi connectivity index (χ1) is 14.4. The first kappa shape index (κ1) is 21.0. The van der Waals surface area contributed by atoms with Crippen LogP contribution in [0, 0.1) is 0 Å². The number of nitrogens with zero attached hydrogens (tertiary/aromatic N) is 3. The minimum Gasteiger partial charge on any atom is -0.377 e. The van der Waals surface area contributed by atoms with Gasteiger partial charge in [0, 0.05) is 37.7 Å². The molecule has 0 aliphatic carbocycles. The van der Waals surface area contributed by atoms with E-state index in [4.69, 9.17) is 9.26 Å². The number of piperidine rings is 1. The molecular formula is C23H32N4O3. The van der Waals surface area contributed by atoms with Crippen LogP contribution in [-0.2, 0) is 10.2 Å². The second kappa shape index (κ2) is 8.86. The van der Waals surface area contributed by atoms with E-state index in [1.165, 1.54) is 12.8 Å². The molecular weight excluding hydrogens is 380 g/mol. The van der Waals surface area contributed by atoms with Gasteiger partial charge in [0.2, 0.25) is 0 Å². The number of carbonyl (C=O) groups excluding carboxylic acids is 1. The van der Waals surface area contributed by atoms with E-state index in [1.807, 2.05) is 45.0 Å². The molecule has 3 heterocycles. The van der Waals surface area contributed by atoms with Crippen molar-refractivity contribution in [2.75, 3.05) is 26.2 Å². The molecule has 1 N–H and O–H groups in total. The first-order valence-corrected chi connectivity index (χ1v) is 11.0. The molecule has 30 heavy (non-hydrogen) atoms. The smallest absolute Gasteiger partial charge is 0.258 e. The number of hydrogen-bond donors (Lipinski definition) is 1. The maximum Gasteiger partial charge on any atom is 0.258 e. The van der Waals surface area contributed by atoms with Crippen molar-refractivity contribution in [1.29, 1.82) is 0 Å². The third-order valence-corrected chi connectivity index (χ3v) is 5.91. The van der Waals surface area contributed by atoms with Crippen LogP contribution >= 0.6 is 0 Å². The van der Waals surface area contributed by atoms with Crippen LogP contribution in [0.25, 0.3) is 11.5 Å². The van der Waals surface area contributed by atoms with Crippen LogP contribution in [0.3, 0.4) is 0 Å². The van der Waals surface area contributed by atoms with E-state index in [1.54, 1.807) is 0 Å². The number of hydrogen-bond acceptors (Lipinski definition) is 6. The summed E-state index contributed by atoms with van der Waals surface area (Å²) in [5, 5.41) is 7.31. The molecule has 1 atom stereocenters. The van der Waals surface area contributed by atoms with Crippen molar-refractivity contribution in [3.8, 4) is 11.5 Å². The van der Waals surface area contributed by atoms with Gasteiger partial charge in [-0.05, 0) is 37.8 Å². The molecule has 1 aromatic heterocycles. The summed E-state index contributed by atoms with van der Waals surface area (Å²) in [5.74, 6) is 0.932. The zero-order chi connectivity index (χ0) is 21.1. The highest BCUT2D eigenvalue weighted by Gasteiger charge is 2.27. The Morgan fingerprint density at radius 1 is 1.20 bits per heavy atom. The number of ether oxygens (including phenoxy) is 1. The molecule has 1 amide bonds. The fourth-order valence-corrected chi connectivity index (χ4v) is 4.10. The summed E-state index contributed by atoms with van der Waals surface area (Å²) in [6.07, 6.45) is 4.63. The molecule has 162 valence electrons. The van der Waals surface area contributed by atoms with Gasteiger partial charge < -0.3 is 19.5 Å². The summed E-state index contributed by atoms with van der Waals surface area (Å²) in [6, 6.07) is 7.61. The number of benzene rings is 1. The van der Waals surface area contributed by atoms with E-state index < -0.39 is 0 Å². The van der Waals surface area contributed by atoms with E-state index in [2.05, 4.69) is 20.4 Å². The Hall–Kier alpha value is -2.25. The van der Waals surface area contributed by atoms with Crippen molar-refractivity contribution < 1.29 is 14.1 Å².